The largest absolute Gasteiger partial charge is 0.463 e. The van der Waals surface area contributed by atoms with E-state index in [1.54, 1.807) is 6.20 Å². The minimum Gasteiger partial charge on any atom is -0.463 e. The second-order valence-electron chi connectivity index (χ2n) is 13.2. The van der Waals surface area contributed by atoms with Gasteiger partial charge < -0.3 is 25.6 Å². The summed E-state index contributed by atoms with van der Waals surface area (Å²) in [5, 5.41) is 4.30. The maximum absolute atomic E-state index is 16.6. The molecular weight excluding hydrogens is 519 g/mol. The second-order valence-corrected chi connectivity index (χ2v) is 13.2. The third-order valence-corrected chi connectivity index (χ3v) is 9.88. The third kappa shape index (κ3) is 4.78. The van der Waals surface area contributed by atoms with Gasteiger partial charge in [-0.1, -0.05) is 0 Å². The molecule has 3 saturated heterocycles. The number of pyridine rings is 2. The van der Waals surface area contributed by atoms with Gasteiger partial charge in [-0.05, 0) is 94.5 Å². The lowest BCUT2D eigenvalue weighted by Gasteiger charge is -2.34. The molecule has 2 saturated carbocycles. The number of ether oxygens (including phenoxy) is 1. The van der Waals surface area contributed by atoms with Crippen LogP contribution in [0.5, 0.6) is 6.01 Å². The minimum absolute atomic E-state index is 0.154. The number of piperazine rings is 1. The van der Waals surface area contributed by atoms with Crippen molar-refractivity contribution in [1.82, 2.24) is 30.2 Å². The molecule has 3 aromatic heterocycles. The summed E-state index contributed by atoms with van der Waals surface area (Å²) in [6.45, 7) is 7.63. The number of fused-ring (bicyclic) bond motifs is 3. The van der Waals surface area contributed by atoms with E-state index in [2.05, 4.69) is 25.1 Å². The van der Waals surface area contributed by atoms with Crippen LogP contribution in [0, 0.1) is 18.2 Å². The van der Waals surface area contributed by atoms with Crippen molar-refractivity contribution in [1.29, 1.82) is 0 Å². The number of rotatable bonds is 8. The van der Waals surface area contributed by atoms with Crippen molar-refractivity contribution >= 4 is 22.5 Å². The predicted molar refractivity (Wildman–Crippen MR) is 157 cm³/mol. The van der Waals surface area contributed by atoms with Crippen LogP contribution in [0.3, 0.4) is 0 Å². The first-order chi connectivity index (χ1) is 19.9. The van der Waals surface area contributed by atoms with Gasteiger partial charge in [0.1, 0.15) is 22.8 Å². The number of likely N-dealkylation sites (tertiary alicyclic amines) is 1. The maximum Gasteiger partial charge on any atom is 0.319 e. The summed E-state index contributed by atoms with van der Waals surface area (Å²) < 4.78 is 23.0. The normalized spacial score (nSPS) is 25.3. The zero-order valence-corrected chi connectivity index (χ0v) is 23.8. The number of hydrogen-bond donors (Lipinski definition) is 2. The highest BCUT2D eigenvalue weighted by Crippen LogP contribution is 2.48. The number of halogens is 1. The molecule has 0 amide bonds. The van der Waals surface area contributed by atoms with Gasteiger partial charge in [-0.3, -0.25) is 4.98 Å². The molecule has 41 heavy (non-hydrogen) atoms. The van der Waals surface area contributed by atoms with Crippen LogP contribution in [0.15, 0.2) is 12.3 Å². The first-order valence-corrected chi connectivity index (χ1v) is 15.4. The zero-order chi connectivity index (χ0) is 27.7. The smallest absolute Gasteiger partial charge is 0.319 e. The molecule has 2 aliphatic carbocycles. The molecule has 216 valence electrons. The molecule has 6 heterocycles. The number of nitrogen functional groups attached to an aromatic ring is 1. The van der Waals surface area contributed by atoms with E-state index in [1.807, 2.05) is 13.0 Å². The summed E-state index contributed by atoms with van der Waals surface area (Å²) in [4.78, 5) is 23.7. The van der Waals surface area contributed by atoms with E-state index >= 15 is 4.39 Å². The van der Waals surface area contributed by atoms with Gasteiger partial charge in [0.05, 0.1) is 17.7 Å². The van der Waals surface area contributed by atoms with Crippen molar-refractivity contribution in [2.75, 3.05) is 50.0 Å². The van der Waals surface area contributed by atoms with E-state index in [4.69, 9.17) is 20.4 Å². The Balaban J connectivity index is 1.19. The molecular formula is C31H39FN8O. The number of nitrogens with one attached hydrogen (secondary N) is 1. The Morgan fingerprint density at radius 2 is 1.80 bits per heavy atom. The summed E-state index contributed by atoms with van der Waals surface area (Å²) in [6.07, 6.45) is 11.0. The SMILES string of the molecule is Cc1cc(N)nc(-c2ncc3c(N4C[C@H]5CC[C@@H](C4)N5)nc(OCC4(CN5CCCC5)CC4)nc3c2F)c1C1CC1. The number of aromatic nitrogens is 4. The van der Waals surface area contributed by atoms with Gasteiger partial charge in [-0.25, -0.2) is 9.37 Å². The average molecular weight is 559 g/mol. The van der Waals surface area contributed by atoms with E-state index in [1.165, 1.54) is 25.9 Å². The van der Waals surface area contributed by atoms with Gasteiger partial charge in [-0.2, -0.15) is 9.97 Å². The van der Waals surface area contributed by atoms with Crippen LogP contribution >= 0.6 is 0 Å². The molecule has 0 unspecified atom stereocenters. The van der Waals surface area contributed by atoms with Crippen molar-refractivity contribution in [2.24, 2.45) is 5.41 Å². The Hall–Kier alpha value is -3.11. The minimum atomic E-state index is -0.480. The van der Waals surface area contributed by atoms with Crippen LogP contribution in [0.2, 0.25) is 0 Å². The number of aryl methyl sites for hydroxylation is 1. The summed E-state index contributed by atoms with van der Waals surface area (Å²) in [6, 6.07) is 2.95. The van der Waals surface area contributed by atoms with Crippen LogP contribution < -0.4 is 20.7 Å². The number of nitrogens with two attached hydrogens (primary N) is 1. The Kier molecular flexibility index (Phi) is 6.07. The zero-order valence-electron chi connectivity index (χ0n) is 23.8. The van der Waals surface area contributed by atoms with Gasteiger partial charge in [0, 0.05) is 43.3 Å². The average Bonchev–Trinajstić information content (AvgIpc) is 3.86. The Morgan fingerprint density at radius 1 is 1.05 bits per heavy atom. The topological polar surface area (TPSA) is 105 Å². The molecule has 5 fully saturated rings. The van der Waals surface area contributed by atoms with E-state index in [9.17, 15) is 0 Å². The molecule has 2 bridgehead atoms. The van der Waals surface area contributed by atoms with Crippen LogP contribution in [0.25, 0.3) is 22.3 Å². The Labute approximate surface area is 240 Å². The molecule has 3 aliphatic heterocycles. The summed E-state index contributed by atoms with van der Waals surface area (Å²) in [5.74, 6) is 0.979. The molecule has 10 heteroatoms. The quantitative estimate of drug-likeness (QED) is 0.421. The van der Waals surface area contributed by atoms with E-state index in [-0.39, 0.29) is 22.6 Å². The lowest BCUT2D eigenvalue weighted by Crippen LogP contribution is -2.51. The maximum atomic E-state index is 16.6. The highest BCUT2D eigenvalue weighted by Gasteiger charge is 2.45. The first kappa shape index (κ1) is 25.6. The molecule has 0 radical (unpaired) electrons. The fourth-order valence-corrected chi connectivity index (χ4v) is 7.40. The molecule has 2 atom stereocenters. The molecule has 3 N–H and O–H groups in total. The van der Waals surface area contributed by atoms with E-state index < -0.39 is 5.82 Å². The highest BCUT2D eigenvalue weighted by molar-refractivity contribution is 5.92. The van der Waals surface area contributed by atoms with Gasteiger partial charge in [0.15, 0.2) is 5.82 Å². The lowest BCUT2D eigenvalue weighted by atomic mass is 9.99. The molecule has 0 aromatic carbocycles. The lowest BCUT2D eigenvalue weighted by molar-refractivity contribution is 0.170. The van der Waals surface area contributed by atoms with Crippen LogP contribution in [-0.4, -0.2) is 76.3 Å². The summed E-state index contributed by atoms with van der Waals surface area (Å²) >= 11 is 0. The summed E-state index contributed by atoms with van der Waals surface area (Å²) in [7, 11) is 0. The Bertz CT molecular complexity index is 1490. The third-order valence-electron chi connectivity index (χ3n) is 9.88. The monoisotopic (exact) mass is 558 g/mol. The van der Waals surface area contributed by atoms with E-state index in [0.29, 0.717) is 47.3 Å². The molecule has 8 rings (SSSR count). The standard InChI is InChI=1S/C31H39FN8O/c1-18-12-23(33)36-27(24(18)19-4-5-19)28-25(32)26-22(13-34-28)29(40-14-20-6-7-21(15-40)35-20)38-30(37-26)41-17-31(8-9-31)16-39-10-2-3-11-39/h12-13,19-21,35H,2-11,14-17H2,1H3,(H2,33,36)/t20-,21+. The van der Waals surface area contributed by atoms with Crippen molar-refractivity contribution < 1.29 is 9.13 Å². The first-order valence-electron chi connectivity index (χ1n) is 15.4. The van der Waals surface area contributed by atoms with E-state index in [0.717, 1.165) is 69.3 Å². The van der Waals surface area contributed by atoms with Crippen LogP contribution in [0.4, 0.5) is 16.0 Å². The fraction of sp³-hybridized carbons (Fsp3) is 0.613. The Morgan fingerprint density at radius 3 is 2.51 bits per heavy atom. The second kappa shape index (κ2) is 9.73. The summed E-state index contributed by atoms with van der Waals surface area (Å²) in [5.41, 5.74) is 9.37. The van der Waals surface area contributed by atoms with Gasteiger partial charge in [0.25, 0.3) is 0 Å². The van der Waals surface area contributed by atoms with Gasteiger partial charge >= 0.3 is 6.01 Å². The number of nitrogens with zero attached hydrogens (tertiary/aromatic N) is 6. The number of hydrogen-bond acceptors (Lipinski definition) is 9. The fourth-order valence-electron chi connectivity index (χ4n) is 7.40. The van der Waals surface area contributed by atoms with Crippen LogP contribution in [-0.2, 0) is 0 Å². The van der Waals surface area contributed by atoms with Crippen molar-refractivity contribution in [3.8, 4) is 17.4 Å². The molecule has 3 aromatic rings. The van der Waals surface area contributed by atoms with Gasteiger partial charge in [0.2, 0.25) is 0 Å². The number of anilines is 2. The van der Waals surface area contributed by atoms with Gasteiger partial charge in [-0.15, -0.1) is 0 Å². The predicted octanol–water partition coefficient (Wildman–Crippen LogP) is 4.19. The molecule has 0 spiro atoms. The molecule has 9 nitrogen and oxygen atoms in total. The molecule has 5 aliphatic rings. The highest BCUT2D eigenvalue weighted by atomic mass is 19.1. The van der Waals surface area contributed by atoms with Crippen molar-refractivity contribution in [2.45, 2.75) is 76.3 Å². The van der Waals surface area contributed by atoms with Crippen molar-refractivity contribution in [3.05, 3.63) is 29.2 Å². The van der Waals surface area contributed by atoms with Crippen molar-refractivity contribution in [3.63, 3.8) is 0 Å². The van der Waals surface area contributed by atoms with Crippen LogP contribution in [0.1, 0.15) is 68.4 Å².